The van der Waals surface area contributed by atoms with Crippen LogP contribution in [0.1, 0.15) is 23.4 Å². The summed E-state index contributed by atoms with van der Waals surface area (Å²) in [5.74, 6) is -0.0596. The molecule has 0 aromatic carbocycles. The molecular formula is C19H25N5O2. The number of aryl methyl sites for hydroxylation is 3. The maximum absolute atomic E-state index is 12.7. The van der Waals surface area contributed by atoms with Gasteiger partial charge in [-0.3, -0.25) is 14.6 Å². The largest absolute Gasteiger partial charge is 0.370 e. The summed E-state index contributed by atoms with van der Waals surface area (Å²) in [4.78, 5) is 33.1. The molecule has 1 aliphatic heterocycles. The molecule has 0 bridgehead atoms. The number of anilines is 1. The summed E-state index contributed by atoms with van der Waals surface area (Å²) >= 11 is 0. The Labute approximate surface area is 153 Å². The second-order valence-corrected chi connectivity index (χ2v) is 6.79. The van der Waals surface area contributed by atoms with Crippen molar-refractivity contribution in [3.05, 3.63) is 51.7 Å². The number of rotatable bonds is 3. The van der Waals surface area contributed by atoms with Crippen LogP contribution in [0.3, 0.4) is 0 Å². The van der Waals surface area contributed by atoms with Crippen molar-refractivity contribution in [1.29, 1.82) is 0 Å². The van der Waals surface area contributed by atoms with Gasteiger partial charge in [0.1, 0.15) is 6.54 Å². The molecule has 2 aromatic heterocycles. The molecule has 138 valence electrons. The van der Waals surface area contributed by atoms with Crippen LogP contribution in [0.15, 0.2) is 29.2 Å². The van der Waals surface area contributed by atoms with Crippen LogP contribution in [-0.2, 0) is 11.3 Å². The lowest BCUT2D eigenvalue weighted by Crippen LogP contribution is -2.39. The van der Waals surface area contributed by atoms with Crippen molar-refractivity contribution in [1.82, 2.24) is 19.7 Å². The van der Waals surface area contributed by atoms with E-state index >= 15 is 0 Å². The molecule has 0 atom stereocenters. The maximum atomic E-state index is 12.7. The van der Waals surface area contributed by atoms with Crippen molar-refractivity contribution in [2.75, 3.05) is 31.1 Å². The fourth-order valence-electron chi connectivity index (χ4n) is 3.17. The van der Waals surface area contributed by atoms with Crippen molar-refractivity contribution in [2.24, 2.45) is 0 Å². The van der Waals surface area contributed by atoms with E-state index in [0.717, 1.165) is 42.1 Å². The van der Waals surface area contributed by atoms with Crippen molar-refractivity contribution in [3.63, 3.8) is 0 Å². The predicted octanol–water partition coefficient (Wildman–Crippen LogP) is 1.30. The minimum Gasteiger partial charge on any atom is -0.370 e. The van der Waals surface area contributed by atoms with Gasteiger partial charge in [0.15, 0.2) is 0 Å². The molecule has 1 saturated heterocycles. The number of hydrogen-bond donors (Lipinski definition) is 0. The van der Waals surface area contributed by atoms with E-state index < -0.39 is 0 Å². The van der Waals surface area contributed by atoms with E-state index in [0.29, 0.717) is 13.1 Å². The molecule has 1 amide bonds. The van der Waals surface area contributed by atoms with E-state index in [-0.39, 0.29) is 18.0 Å². The molecule has 0 aliphatic carbocycles. The molecule has 0 radical (unpaired) electrons. The first-order valence-electron chi connectivity index (χ1n) is 8.95. The Morgan fingerprint density at radius 1 is 1.12 bits per heavy atom. The third-order valence-electron chi connectivity index (χ3n) is 4.81. The lowest BCUT2D eigenvalue weighted by molar-refractivity contribution is -0.131. The lowest BCUT2D eigenvalue weighted by atomic mass is 10.2. The quantitative estimate of drug-likeness (QED) is 0.830. The van der Waals surface area contributed by atoms with Crippen LogP contribution in [0.5, 0.6) is 0 Å². The number of pyridine rings is 1. The highest BCUT2D eigenvalue weighted by Gasteiger charge is 2.20. The molecule has 3 heterocycles. The van der Waals surface area contributed by atoms with E-state index in [2.05, 4.69) is 21.0 Å². The van der Waals surface area contributed by atoms with Gasteiger partial charge in [-0.25, -0.2) is 4.68 Å². The molecular weight excluding hydrogens is 330 g/mol. The van der Waals surface area contributed by atoms with Crippen LogP contribution in [0.25, 0.3) is 0 Å². The Bertz CT molecular complexity index is 861. The Balaban J connectivity index is 1.66. The molecule has 0 N–H and O–H groups in total. The fraction of sp³-hybridized carbons (Fsp3) is 0.474. The molecule has 0 saturated carbocycles. The van der Waals surface area contributed by atoms with Crippen LogP contribution in [0.2, 0.25) is 0 Å². The minimum atomic E-state index is -0.231. The van der Waals surface area contributed by atoms with Crippen LogP contribution in [0, 0.1) is 20.8 Å². The van der Waals surface area contributed by atoms with Crippen LogP contribution in [0.4, 0.5) is 5.69 Å². The van der Waals surface area contributed by atoms with Crippen molar-refractivity contribution in [3.8, 4) is 0 Å². The Hall–Kier alpha value is -2.70. The number of carbonyl (C=O) groups excluding carboxylic acids is 1. The normalized spacial score (nSPS) is 15.0. The standard InChI is InChI=1S/C19H25N5O2/c1-14-11-18(25)24(21-16(14)3)13-19(26)23-8-4-7-22(9-10-23)17-5-6-20-15(2)12-17/h5-6,11-12H,4,7-10,13H2,1-3H3. The number of amides is 1. The summed E-state index contributed by atoms with van der Waals surface area (Å²) < 4.78 is 1.26. The number of hydrogen-bond acceptors (Lipinski definition) is 5. The first-order valence-corrected chi connectivity index (χ1v) is 8.95. The monoisotopic (exact) mass is 355 g/mol. The fourth-order valence-corrected chi connectivity index (χ4v) is 3.17. The first kappa shape index (κ1) is 18.1. The van der Waals surface area contributed by atoms with Crippen molar-refractivity contribution < 1.29 is 4.79 Å². The summed E-state index contributed by atoms with van der Waals surface area (Å²) in [5, 5.41) is 4.24. The molecule has 26 heavy (non-hydrogen) atoms. The van der Waals surface area contributed by atoms with E-state index in [1.54, 1.807) is 0 Å². The van der Waals surface area contributed by atoms with Gasteiger partial charge in [0.25, 0.3) is 5.56 Å². The van der Waals surface area contributed by atoms with Gasteiger partial charge in [-0.2, -0.15) is 5.10 Å². The van der Waals surface area contributed by atoms with Crippen molar-refractivity contribution >= 4 is 11.6 Å². The number of nitrogens with zero attached hydrogens (tertiary/aromatic N) is 5. The summed E-state index contributed by atoms with van der Waals surface area (Å²) in [6.45, 7) is 8.66. The molecule has 2 aromatic rings. The molecule has 7 heteroatoms. The van der Waals surface area contributed by atoms with Gasteiger partial charge in [0.2, 0.25) is 5.91 Å². The smallest absolute Gasteiger partial charge is 0.267 e. The third kappa shape index (κ3) is 4.09. The van der Waals surface area contributed by atoms with Crippen LogP contribution >= 0.6 is 0 Å². The second-order valence-electron chi connectivity index (χ2n) is 6.79. The molecule has 3 rings (SSSR count). The molecule has 7 nitrogen and oxygen atoms in total. The van der Waals surface area contributed by atoms with Gasteiger partial charge in [-0.15, -0.1) is 0 Å². The summed E-state index contributed by atoms with van der Waals surface area (Å²) in [7, 11) is 0. The third-order valence-corrected chi connectivity index (χ3v) is 4.81. The van der Waals surface area contributed by atoms with Gasteiger partial charge in [0, 0.05) is 49.8 Å². The van der Waals surface area contributed by atoms with Crippen LogP contribution in [-0.4, -0.2) is 51.8 Å². The molecule has 0 unspecified atom stereocenters. The first-order chi connectivity index (χ1) is 12.4. The SMILES string of the molecule is Cc1cc(N2CCCN(C(=O)Cn3nc(C)c(C)cc3=O)CC2)ccn1. The lowest BCUT2D eigenvalue weighted by Gasteiger charge is -2.24. The molecule has 0 spiro atoms. The maximum Gasteiger partial charge on any atom is 0.267 e. The average Bonchev–Trinajstić information content (AvgIpc) is 2.86. The minimum absolute atomic E-state index is 0.00564. The van der Waals surface area contributed by atoms with E-state index in [9.17, 15) is 9.59 Å². The highest BCUT2D eigenvalue weighted by Crippen LogP contribution is 2.16. The predicted molar refractivity (Wildman–Crippen MR) is 100 cm³/mol. The zero-order valence-electron chi connectivity index (χ0n) is 15.6. The van der Waals surface area contributed by atoms with E-state index in [4.69, 9.17) is 0 Å². The Morgan fingerprint density at radius 3 is 2.69 bits per heavy atom. The summed E-state index contributed by atoms with van der Waals surface area (Å²) in [6, 6.07) is 5.60. The molecule has 1 fully saturated rings. The van der Waals surface area contributed by atoms with Gasteiger partial charge >= 0.3 is 0 Å². The van der Waals surface area contributed by atoms with Gasteiger partial charge < -0.3 is 9.80 Å². The van der Waals surface area contributed by atoms with Crippen LogP contribution < -0.4 is 10.5 Å². The van der Waals surface area contributed by atoms with E-state index in [1.165, 1.54) is 10.7 Å². The second kappa shape index (κ2) is 7.68. The van der Waals surface area contributed by atoms with Gasteiger partial charge in [0.05, 0.1) is 5.69 Å². The van der Waals surface area contributed by atoms with Gasteiger partial charge in [-0.1, -0.05) is 0 Å². The highest BCUT2D eigenvalue weighted by atomic mass is 16.2. The average molecular weight is 355 g/mol. The van der Waals surface area contributed by atoms with Crippen molar-refractivity contribution in [2.45, 2.75) is 33.7 Å². The topological polar surface area (TPSA) is 71.3 Å². The Kier molecular flexibility index (Phi) is 5.35. The summed E-state index contributed by atoms with van der Waals surface area (Å²) in [5.41, 5.74) is 3.51. The van der Waals surface area contributed by atoms with E-state index in [1.807, 2.05) is 37.9 Å². The highest BCUT2D eigenvalue weighted by molar-refractivity contribution is 5.76. The van der Waals surface area contributed by atoms with Gasteiger partial charge in [-0.05, 0) is 44.9 Å². The number of aromatic nitrogens is 3. The summed E-state index contributed by atoms with van der Waals surface area (Å²) in [6.07, 6.45) is 2.71. The molecule has 1 aliphatic rings. The zero-order valence-corrected chi connectivity index (χ0v) is 15.6. The number of carbonyl (C=O) groups is 1. The Morgan fingerprint density at radius 2 is 1.92 bits per heavy atom. The zero-order chi connectivity index (χ0) is 18.7.